The first-order valence-electron chi connectivity index (χ1n) is 14.0. The second-order valence-electron chi connectivity index (χ2n) is 10.8. The van der Waals surface area contributed by atoms with Gasteiger partial charge in [-0.05, 0) is 86.9 Å². The number of hydrogen-bond donors (Lipinski definition) is 0. The molecule has 0 heterocycles. The Labute approximate surface area is 232 Å². The van der Waals surface area contributed by atoms with Crippen LogP contribution >= 0.6 is 0 Å². The van der Waals surface area contributed by atoms with Gasteiger partial charge in [-0.1, -0.05) is 146 Å². The van der Waals surface area contributed by atoms with Crippen LogP contribution in [0, 0.1) is 0 Å². The highest BCUT2D eigenvalue weighted by Crippen LogP contribution is 2.46. The third kappa shape index (κ3) is 2.91. The quantitative estimate of drug-likeness (QED) is 0.162. The Morgan fingerprint density at radius 1 is 0.200 bits per heavy atom. The van der Waals surface area contributed by atoms with Gasteiger partial charge in [0.2, 0.25) is 0 Å². The summed E-state index contributed by atoms with van der Waals surface area (Å²) in [5.41, 5.74) is 5.16. The van der Waals surface area contributed by atoms with E-state index < -0.39 is 0 Å². The summed E-state index contributed by atoms with van der Waals surface area (Å²) in [4.78, 5) is 0. The lowest BCUT2D eigenvalue weighted by atomic mass is 9.84. The predicted molar refractivity (Wildman–Crippen MR) is 174 cm³/mol. The highest BCUT2D eigenvalue weighted by Gasteiger charge is 2.18. The van der Waals surface area contributed by atoms with Crippen molar-refractivity contribution >= 4 is 64.6 Å². The van der Waals surface area contributed by atoms with E-state index in [9.17, 15) is 0 Å². The third-order valence-electron chi connectivity index (χ3n) is 8.82. The maximum absolute atomic E-state index is 2.35. The van der Waals surface area contributed by atoms with Crippen molar-refractivity contribution in [1.82, 2.24) is 0 Å². The molecule has 0 heteroatoms. The summed E-state index contributed by atoms with van der Waals surface area (Å²) in [5.74, 6) is 0. The monoisotopic (exact) mass is 504 g/mol. The molecule has 9 aromatic carbocycles. The van der Waals surface area contributed by atoms with Crippen LogP contribution in [0.25, 0.3) is 86.9 Å². The Bertz CT molecular complexity index is 2220. The standard InChI is InChI=1S/C40H24/c1-3-13-27-25(9-1)11-5-15-29(27)31-21-23-37-36-20-8-18-34-32(30-16-6-12-26-10-2-4-14-28(26)30)22-24-38(40(34)36)35-19-7-17-33(31)39(35)37/h1-24H. The second-order valence-corrected chi connectivity index (χ2v) is 10.8. The summed E-state index contributed by atoms with van der Waals surface area (Å²) in [6.45, 7) is 0. The number of hydrogen-bond acceptors (Lipinski definition) is 0. The minimum atomic E-state index is 1.27. The fourth-order valence-electron chi connectivity index (χ4n) is 7.10. The van der Waals surface area contributed by atoms with E-state index in [-0.39, 0.29) is 0 Å². The zero-order valence-corrected chi connectivity index (χ0v) is 21.9. The Balaban J connectivity index is 1.40. The molecule has 0 amide bonds. The first kappa shape index (κ1) is 21.7. The Kier molecular flexibility index (Phi) is 4.42. The summed E-state index contributed by atoms with van der Waals surface area (Å²) in [7, 11) is 0. The number of fused-ring (bicyclic) bond motifs is 4. The van der Waals surface area contributed by atoms with Crippen molar-refractivity contribution in [2.45, 2.75) is 0 Å². The maximum atomic E-state index is 2.35. The third-order valence-corrected chi connectivity index (χ3v) is 8.82. The maximum Gasteiger partial charge on any atom is -0.00201 e. The van der Waals surface area contributed by atoms with Crippen LogP contribution in [0.15, 0.2) is 146 Å². The summed E-state index contributed by atoms with van der Waals surface area (Å²) < 4.78 is 0. The Morgan fingerprint density at radius 3 is 1.02 bits per heavy atom. The van der Waals surface area contributed by atoms with Crippen LogP contribution in [0.5, 0.6) is 0 Å². The lowest BCUT2D eigenvalue weighted by molar-refractivity contribution is 1.69. The van der Waals surface area contributed by atoms with Gasteiger partial charge < -0.3 is 0 Å². The van der Waals surface area contributed by atoms with E-state index in [0.717, 1.165) is 0 Å². The van der Waals surface area contributed by atoms with E-state index in [4.69, 9.17) is 0 Å². The molecule has 0 spiro atoms. The van der Waals surface area contributed by atoms with Crippen molar-refractivity contribution in [2.24, 2.45) is 0 Å². The molecule has 0 bridgehead atoms. The SMILES string of the molecule is c1ccc2c(-c3ccc4c5cccc6c(-c7cccc8ccccc78)ccc(c7cccc3c74)c65)cccc2c1. The van der Waals surface area contributed by atoms with E-state index in [1.807, 2.05) is 0 Å². The zero-order chi connectivity index (χ0) is 26.2. The normalized spacial score (nSPS) is 12.0. The molecule has 0 aliphatic rings. The number of rotatable bonds is 2. The van der Waals surface area contributed by atoms with Crippen LogP contribution in [-0.2, 0) is 0 Å². The van der Waals surface area contributed by atoms with E-state index in [2.05, 4.69) is 146 Å². The van der Waals surface area contributed by atoms with Gasteiger partial charge in [0.15, 0.2) is 0 Å². The van der Waals surface area contributed by atoms with Crippen LogP contribution in [0.1, 0.15) is 0 Å². The lowest BCUT2D eigenvalue weighted by Gasteiger charge is -2.19. The largest absolute Gasteiger partial charge is 0.0616 e. The highest BCUT2D eigenvalue weighted by molar-refractivity contribution is 6.35. The molecule has 0 radical (unpaired) electrons. The molecule has 0 fully saturated rings. The molecule has 0 unspecified atom stereocenters. The summed E-state index contributed by atoms with van der Waals surface area (Å²) in [6, 6.07) is 53.7. The molecule has 9 rings (SSSR count). The molecule has 40 heavy (non-hydrogen) atoms. The minimum Gasteiger partial charge on any atom is -0.0616 e. The van der Waals surface area contributed by atoms with Gasteiger partial charge in [-0.2, -0.15) is 0 Å². The van der Waals surface area contributed by atoms with E-state index in [1.54, 1.807) is 0 Å². The van der Waals surface area contributed by atoms with Crippen molar-refractivity contribution < 1.29 is 0 Å². The Morgan fingerprint density at radius 2 is 0.525 bits per heavy atom. The Hall–Kier alpha value is -5.20. The van der Waals surface area contributed by atoms with Crippen molar-refractivity contribution in [1.29, 1.82) is 0 Å². The van der Waals surface area contributed by atoms with Crippen LogP contribution < -0.4 is 0 Å². The van der Waals surface area contributed by atoms with Crippen molar-refractivity contribution in [2.75, 3.05) is 0 Å². The average Bonchev–Trinajstić information content (AvgIpc) is 3.03. The van der Waals surface area contributed by atoms with Gasteiger partial charge in [0.05, 0.1) is 0 Å². The van der Waals surface area contributed by atoms with Crippen LogP contribution in [0.2, 0.25) is 0 Å². The smallest absolute Gasteiger partial charge is 0.00201 e. The fraction of sp³-hybridized carbons (Fsp3) is 0. The van der Waals surface area contributed by atoms with E-state index >= 15 is 0 Å². The molecule has 0 atom stereocenters. The van der Waals surface area contributed by atoms with Crippen molar-refractivity contribution in [3.63, 3.8) is 0 Å². The predicted octanol–water partition coefficient (Wildman–Crippen LogP) is 11.4. The fourth-order valence-corrected chi connectivity index (χ4v) is 7.10. The molecule has 0 nitrogen and oxygen atoms in total. The van der Waals surface area contributed by atoms with Gasteiger partial charge in [-0.15, -0.1) is 0 Å². The minimum absolute atomic E-state index is 1.27. The molecule has 0 aliphatic carbocycles. The first-order chi connectivity index (χ1) is 19.9. The van der Waals surface area contributed by atoms with Crippen molar-refractivity contribution in [3.05, 3.63) is 146 Å². The first-order valence-corrected chi connectivity index (χ1v) is 14.0. The van der Waals surface area contributed by atoms with Crippen LogP contribution in [0.4, 0.5) is 0 Å². The van der Waals surface area contributed by atoms with Gasteiger partial charge in [-0.3, -0.25) is 0 Å². The van der Waals surface area contributed by atoms with Gasteiger partial charge in [0.25, 0.3) is 0 Å². The topological polar surface area (TPSA) is 0 Å². The highest BCUT2D eigenvalue weighted by atomic mass is 14.2. The number of benzene rings is 9. The molecule has 0 aromatic heterocycles. The van der Waals surface area contributed by atoms with E-state index in [0.29, 0.717) is 0 Å². The summed E-state index contributed by atoms with van der Waals surface area (Å²) >= 11 is 0. The molecule has 0 aliphatic heterocycles. The van der Waals surface area contributed by atoms with Crippen LogP contribution in [-0.4, -0.2) is 0 Å². The molecular weight excluding hydrogens is 480 g/mol. The van der Waals surface area contributed by atoms with Gasteiger partial charge in [-0.25, -0.2) is 0 Å². The van der Waals surface area contributed by atoms with Gasteiger partial charge in [0, 0.05) is 0 Å². The lowest BCUT2D eigenvalue weighted by Crippen LogP contribution is -1.91. The zero-order valence-electron chi connectivity index (χ0n) is 21.9. The molecule has 184 valence electrons. The van der Waals surface area contributed by atoms with E-state index in [1.165, 1.54) is 86.9 Å². The average molecular weight is 505 g/mol. The van der Waals surface area contributed by atoms with Gasteiger partial charge in [0.1, 0.15) is 0 Å². The molecule has 0 saturated carbocycles. The second kappa shape index (κ2) is 8.15. The van der Waals surface area contributed by atoms with Crippen molar-refractivity contribution in [3.8, 4) is 22.3 Å². The molecule has 9 aromatic rings. The van der Waals surface area contributed by atoms with Crippen LogP contribution in [0.3, 0.4) is 0 Å². The summed E-state index contributed by atoms with van der Waals surface area (Å²) in [5, 5.41) is 15.8. The summed E-state index contributed by atoms with van der Waals surface area (Å²) in [6.07, 6.45) is 0. The molecular formula is C40H24. The molecule has 0 N–H and O–H groups in total. The van der Waals surface area contributed by atoms with Gasteiger partial charge >= 0.3 is 0 Å². The molecule has 0 saturated heterocycles.